The lowest BCUT2D eigenvalue weighted by Crippen LogP contribution is -2.11. The minimum absolute atomic E-state index is 1.12. The van der Waals surface area contributed by atoms with E-state index in [0.717, 1.165) is 17.1 Å². The van der Waals surface area contributed by atoms with E-state index in [0.29, 0.717) is 0 Å². The Hall–Kier alpha value is -6.68. The average Bonchev–Trinajstić information content (AvgIpc) is 3.76. The van der Waals surface area contributed by atoms with Crippen molar-refractivity contribution in [2.45, 2.75) is 0 Å². The molecule has 9 aromatic carbocycles. The second-order valence-electron chi connectivity index (χ2n) is 13.7. The van der Waals surface area contributed by atoms with Crippen LogP contribution in [0.15, 0.2) is 194 Å². The van der Waals surface area contributed by atoms with Crippen LogP contribution in [0.2, 0.25) is 0 Å². The maximum Gasteiger partial charge on any atom is 0.0547 e. The van der Waals surface area contributed by atoms with Gasteiger partial charge in [0.2, 0.25) is 0 Å². The highest BCUT2D eigenvalue weighted by atomic mass is 32.1. The van der Waals surface area contributed by atoms with Crippen LogP contribution in [0.3, 0.4) is 0 Å². The zero-order valence-corrected chi connectivity index (χ0v) is 29.6. The molecule has 0 bridgehead atoms. The van der Waals surface area contributed by atoms with E-state index in [-0.39, 0.29) is 0 Å². The molecule has 248 valence electrons. The predicted molar refractivity (Wildman–Crippen MR) is 229 cm³/mol. The third-order valence-corrected chi connectivity index (χ3v) is 11.9. The van der Waals surface area contributed by atoms with Gasteiger partial charge < -0.3 is 9.47 Å². The van der Waals surface area contributed by atoms with Gasteiger partial charge in [-0.1, -0.05) is 133 Å². The van der Waals surface area contributed by atoms with Gasteiger partial charge in [-0.15, -0.1) is 11.3 Å². The van der Waals surface area contributed by atoms with Gasteiger partial charge in [0.1, 0.15) is 0 Å². The molecule has 11 aromatic rings. The predicted octanol–water partition coefficient (Wildman–Crippen LogP) is 14.6. The summed E-state index contributed by atoms with van der Waals surface area (Å²) in [5.41, 5.74) is 9.37. The molecule has 0 amide bonds. The first-order chi connectivity index (χ1) is 26.3. The summed E-state index contributed by atoms with van der Waals surface area (Å²) in [6.45, 7) is 0. The summed E-state index contributed by atoms with van der Waals surface area (Å²) in [4.78, 5) is 2.43. The minimum atomic E-state index is 1.12. The Morgan fingerprint density at radius 2 is 0.943 bits per heavy atom. The first kappa shape index (κ1) is 30.0. The van der Waals surface area contributed by atoms with E-state index < -0.39 is 0 Å². The van der Waals surface area contributed by atoms with E-state index in [2.05, 4.69) is 204 Å². The first-order valence-corrected chi connectivity index (χ1v) is 18.9. The van der Waals surface area contributed by atoms with E-state index in [1.807, 2.05) is 11.3 Å². The molecule has 0 atom stereocenters. The van der Waals surface area contributed by atoms with Crippen LogP contribution in [-0.4, -0.2) is 4.57 Å². The van der Waals surface area contributed by atoms with Gasteiger partial charge in [-0.25, -0.2) is 0 Å². The van der Waals surface area contributed by atoms with Gasteiger partial charge in [0.05, 0.1) is 22.4 Å². The average molecular weight is 693 g/mol. The van der Waals surface area contributed by atoms with E-state index in [1.165, 1.54) is 80.3 Å². The van der Waals surface area contributed by atoms with E-state index in [4.69, 9.17) is 0 Å². The summed E-state index contributed by atoms with van der Waals surface area (Å²) in [6.07, 6.45) is 0. The quantitative estimate of drug-likeness (QED) is 0.174. The number of hydrogen-bond acceptors (Lipinski definition) is 2. The molecule has 11 rings (SSSR count). The van der Waals surface area contributed by atoms with Crippen LogP contribution in [0.5, 0.6) is 0 Å². The largest absolute Gasteiger partial charge is 0.309 e. The highest BCUT2D eigenvalue weighted by molar-refractivity contribution is 7.25. The summed E-state index contributed by atoms with van der Waals surface area (Å²) < 4.78 is 5.09. The fraction of sp³-hybridized carbons (Fsp3) is 0. The van der Waals surface area contributed by atoms with Gasteiger partial charge in [-0.05, 0) is 82.6 Å². The topological polar surface area (TPSA) is 8.17 Å². The third kappa shape index (κ3) is 4.78. The summed E-state index contributed by atoms with van der Waals surface area (Å²) in [5, 5.41) is 10.0. The molecule has 0 fully saturated rings. The monoisotopic (exact) mass is 692 g/mol. The second kappa shape index (κ2) is 11.9. The molecular weight excluding hydrogens is 661 g/mol. The van der Waals surface area contributed by atoms with Gasteiger partial charge in [-0.2, -0.15) is 0 Å². The Labute approximate surface area is 311 Å². The lowest BCUT2D eigenvalue weighted by molar-refractivity contribution is 1.19. The molecule has 0 aliphatic heterocycles. The van der Waals surface area contributed by atoms with Crippen LogP contribution in [0.1, 0.15) is 0 Å². The van der Waals surface area contributed by atoms with Crippen molar-refractivity contribution >= 4 is 91.9 Å². The molecule has 2 heterocycles. The number of para-hydroxylation sites is 1. The van der Waals surface area contributed by atoms with Crippen LogP contribution in [-0.2, 0) is 0 Å². The third-order valence-electron chi connectivity index (χ3n) is 10.7. The Bertz CT molecular complexity index is 3110. The number of nitrogens with zero attached hydrogens (tertiary/aromatic N) is 2. The molecule has 0 aliphatic rings. The van der Waals surface area contributed by atoms with Crippen LogP contribution in [0.4, 0.5) is 17.1 Å². The maximum atomic E-state index is 2.45. The molecular formula is C50H32N2S. The fourth-order valence-corrected chi connectivity index (χ4v) is 9.41. The SMILES string of the molecule is c1cc(-c2ccc3c4ccccc4n(-c4ccc5sc6ccccc6c5c4)c3c2)cc(N(c2cccc3ccccc23)c2cccc3ccccc23)c1. The summed E-state index contributed by atoms with van der Waals surface area (Å²) in [7, 11) is 0. The Balaban J connectivity index is 1.12. The summed E-state index contributed by atoms with van der Waals surface area (Å²) in [5.74, 6) is 0. The van der Waals surface area contributed by atoms with Crippen LogP contribution in [0, 0.1) is 0 Å². The molecule has 53 heavy (non-hydrogen) atoms. The van der Waals surface area contributed by atoms with Crippen molar-refractivity contribution in [1.82, 2.24) is 4.57 Å². The molecule has 0 N–H and O–H groups in total. The molecule has 2 aromatic heterocycles. The molecule has 0 spiro atoms. The van der Waals surface area contributed by atoms with Crippen molar-refractivity contribution in [2.24, 2.45) is 0 Å². The number of aromatic nitrogens is 1. The summed E-state index contributed by atoms with van der Waals surface area (Å²) >= 11 is 1.86. The Kier molecular flexibility index (Phi) is 6.76. The maximum absolute atomic E-state index is 2.45. The van der Waals surface area contributed by atoms with Gasteiger partial charge in [0, 0.05) is 53.1 Å². The molecule has 2 nitrogen and oxygen atoms in total. The number of hydrogen-bond donors (Lipinski definition) is 0. The number of benzene rings is 9. The van der Waals surface area contributed by atoms with Crippen LogP contribution >= 0.6 is 11.3 Å². The van der Waals surface area contributed by atoms with Crippen molar-refractivity contribution in [2.75, 3.05) is 4.90 Å². The fourth-order valence-electron chi connectivity index (χ4n) is 8.32. The zero-order valence-electron chi connectivity index (χ0n) is 28.8. The number of rotatable bonds is 5. The van der Waals surface area contributed by atoms with Crippen LogP contribution in [0.25, 0.3) is 80.3 Å². The molecule has 0 unspecified atom stereocenters. The lowest BCUT2D eigenvalue weighted by Gasteiger charge is -2.28. The van der Waals surface area contributed by atoms with Gasteiger partial charge >= 0.3 is 0 Å². The van der Waals surface area contributed by atoms with Crippen molar-refractivity contribution < 1.29 is 0 Å². The van der Waals surface area contributed by atoms with E-state index >= 15 is 0 Å². The molecule has 3 heteroatoms. The molecule has 0 saturated carbocycles. The number of anilines is 3. The molecule has 0 aliphatic carbocycles. The normalized spacial score (nSPS) is 11.8. The van der Waals surface area contributed by atoms with Crippen molar-refractivity contribution in [3.05, 3.63) is 194 Å². The Morgan fingerprint density at radius 3 is 1.72 bits per heavy atom. The highest BCUT2D eigenvalue weighted by Crippen LogP contribution is 2.44. The highest BCUT2D eigenvalue weighted by Gasteiger charge is 2.19. The molecule has 0 saturated heterocycles. The van der Waals surface area contributed by atoms with Crippen LogP contribution < -0.4 is 4.90 Å². The van der Waals surface area contributed by atoms with E-state index in [1.54, 1.807) is 0 Å². The number of fused-ring (bicyclic) bond motifs is 8. The van der Waals surface area contributed by atoms with Gasteiger partial charge in [0.25, 0.3) is 0 Å². The minimum Gasteiger partial charge on any atom is -0.309 e. The van der Waals surface area contributed by atoms with Crippen molar-refractivity contribution in [3.8, 4) is 16.8 Å². The van der Waals surface area contributed by atoms with Gasteiger partial charge in [-0.3, -0.25) is 0 Å². The van der Waals surface area contributed by atoms with Crippen molar-refractivity contribution in [1.29, 1.82) is 0 Å². The van der Waals surface area contributed by atoms with Gasteiger partial charge in [0.15, 0.2) is 0 Å². The lowest BCUT2D eigenvalue weighted by atomic mass is 10.0. The second-order valence-corrected chi connectivity index (χ2v) is 14.8. The Morgan fingerprint density at radius 1 is 0.358 bits per heavy atom. The smallest absolute Gasteiger partial charge is 0.0547 e. The standard InChI is InChI=1S/C50H32N2S/c1-3-18-39-33(12-1)14-10-23-45(39)51(46-24-11-15-34-13-2-4-19-40(34)46)37-17-9-16-35(30-37)36-26-28-42-41-20-5-7-22-47(41)52(48(42)31-36)38-27-29-50-44(32-38)43-21-6-8-25-49(43)53-50/h1-32H. The van der Waals surface area contributed by atoms with Crippen molar-refractivity contribution in [3.63, 3.8) is 0 Å². The first-order valence-electron chi connectivity index (χ1n) is 18.1. The molecule has 0 radical (unpaired) electrons. The summed E-state index contributed by atoms with van der Waals surface area (Å²) in [6, 6.07) is 71.1. The zero-order chi connectivity index (χ0) is 34.9. The number of thiophene rings is 1. The van der Waals surface area contributed by atoms with E-state index in [9.17, 15) is 0 Å².